The molecule has 0 aliphatic carbocycles. The number of hydrogen-bond acceptors (Lipinski definition) is 1. The highest BCUT2D eigenvalue weighted by molar-refractivity contribution is 14.1. The Bertz CT molecular complexity index is 328. The molecule has 1 atom stereocenters. The van der Waals surface area contributed by atoms with Crippen molar-refractivity contribution in [1.29, 1.82) is 0 Å². The fraction of sp³-hybridized carbons (Fsp3) is 0.400. The molecule has 0 fully saturated rings. The van der Waals surface area contributed by atoms with Crippen molar-refractivity contribution < 1.29 is 8.78 Å². The number of nitrogens with two attached hydrogens (primary N) is 1. The molecule has 14 heavy (non-hydrogen) atoms. The van der Waals surface area contributed by atoms with Crippen LogP contribution < -0.4 is 5.73 Å². The maximum atomic E-state index is 13.1. The van der Waals surface area contributed by atoms with Gasteiger partial charge in [-0.2, -0.15) is 0 Å². The van der Waals surface area contributed by atoms with Gasteiger partial charge in [0, 0.05) is 12.1 Å². The quantitative estimate of drug-likeness (QED) is 0.672. The second kappa shape index (κ2) is 5.02. The van der Waals surface area contributed by atoms with E-state index in [9.17, 15) is 8.78 Å². The molecule has 78 valence electrons. The van der Waals surface area contributed by atoms with Crippen LogP contribution in [0.15, 0.2) is 12.1 Å². The third kappa shape index (κ3) is 2.63. The fourth-order valence-electron chi connectivity index (χ4n) is 1.31. The Kier molecular flexibility index (Phi) is 4.25. The minimum Gasteiger partial charge on any atom is -0.324 e. The molecule has 1 aromatic rings. The minimum absolute atomic E-state index is 0.280. The first-order chi connectivity index (χ1) is 6.56. The fourth-order valence-corrected chi connectivity index (χ4v) is 2.02. The Morgan fingerprint density at radius 3 is 2.64 bits per heavy atom. The zero-order valence-corrected chi connectivity index (χ0v) is 10.0. The number of hydrogen-bond donors (Lipinski definition) is 1. The standard InChI is InChI=1S/C10H12F2IN/c1-2-3-9(14)7-4-6(11)5-8(12)10(7)13/h4-5,9H,2-3,14H2,1H3. The molecule has 2 N–H and O–H groups in total. The summed E-state index contributed by atoms with van der Waals surface area (Å²) in [6, 6.07) is 1.91. The van der Waals surface area contributed by atoms with Gasteiger partial charge >= 0.3 is 0 Å². The van der Waals surface area contributed by atoms with Crippen molar-refractivity contribution in [2.45, 2.75) is 25.8 Å². The van der Waals surface area contributed by atoms with Crippen LogP contribution in [0.3, 0.4) is 0 Å². The molecule has 1 rings (SSSR count). The summed E-state index contributed by atoms with van der Waals surface area (Å²) < 4.78 is 26.5. The van der Waals surface area contributed by atoms with E-state index in [0.29, 0.717) is 9.13 Å². The second-order valence-corrected chi connectivity index (χ2v) is 4.26. The van der Waals surface area contributed by atoms with Gasteiger partial charge in [-0.25, -0.2) is 8.78 Å². The molecule has 0 heterocycles. The number of benzene rings is 1. The van der Waals surface area contributed by atoms with Crippen molar-refractivity contribution in [1.82, 2.24) is 0 Å². The zero-order valence-electron chi connectivity index (χ0n) is 7.86. The first-order valence-electron chi connectivity index (χ1n) is 4.46. The number of halogens is 3. The maximum Gasteiger partial charge on any atom is 0.139 e. The van der Waals surface area contributed by atoms with Gasteiger partial charge in [0.25, 0.3) is 0 Å². The summed E-state index contributed by atoms with van der Waals surface area (Å²) in [7, 11) is 0. The van der Waals surface area contributed by atoms with E-state index in [1.54, 1.807) is 0 Å². The molecule has 0 spiro atoms. The predicted molar refractivity (Wildman–Crippen MR) is 60.9 cm³/mol. The van der Waals surface area contributed by atoms with Gasteiger partial charge in [-0.15, -0.1) is 0 Å². The van der Waals surface area contributed by atoms with E-state index in [0.717, 1.165) is 18.9 Å². The topological polar surface area (TPSA) is 26.0 Å². The summed E-state index contributed by atoms with van der Waals surface area (Å²) in [5.41, 5.74) is 6.37. The number of rotatable bonds is 3. The Morgan fingerprint density at radius 2 is 2.07 bits per heavy atom. The summed E-state index contributed by atoms with van der Waals surface area (Å²) >= 11 is 1.85. The lowest BCUT2D eigenvalue weighted by molar-refractivity contribution is 0.559. The Labute approximate surface area is 95.8 Å². The lowest BCUT2D eigenvalue weighted by atomic mass is 10.0. The van der Waals surface area contributed by atoms with Crippen LogP contribution in [0.4, 0.5) is 8.78 Å². The van der Waals surface area contributed by atoms with E-state index in [-0.39, 0.29) is 6.04 Å². The van der Waals surface area contributed by atoms with Gasteiger partial charge in [-0.05, 0) is 40.6 Å². The van der Waals surface area contributed by atoms with Gasteiger partial charge in [0.2, 0.25) is 0 Å². The SMILES string of the molecule is CCCC(N)c1cc(F)cc(F)c1I. The Morgan fingerprint density at radius 1 is 1.43 bits per heavy atom. The first-order valence-corrected chi connectivity index (χ1v) is 5.54. The lowest BCUT2D eigenvalue weighted by Crippen LogP contribution is -2.12. The second-order valence-electron chi connectivity index (χ2n) is 3.19. The van der Waals surface area contributed by atoms with Gasteiger partial charge < -0.3 is 5.73 Å². The minimum atomic E-state index is -0.565. The highest BCUT2D eigenvalue weighted by Crippen LogP contribution is 2.25. The zero-order chi connectivity index (χ0) is 10.7. The average Bonchev–Trinajstić information content (AvgIpc) is 2.11. The third-order valence-electron chi connectivity index (χ3n) is 2.02. The Balaban J connectivity index is 3.07. The van der Waals surface area contributed by atoms with Crippen LogP contribution in [0.2, 0.25) is 0 Å². The first kappa shape index (κ1) is 11.8. The van der Waals surface area contributed by atoms with Gasteiger partial charge in [0.1, 0.15) is 11.6 Å². The smallest absolute Gasteiger partial charge is 0.139 e. The van der Waals surface area contributed by atoms with Crippen molar-refractivity contribution in [2.24, 2.45) is 5.73 Å². The molecule has 0 saturated carbocycles. The monoisotopic (exact) mass is 311 g/mol. The highest BCUT2D eigenvalue weighted by atomic mass is 127. The van der Waals surface area contributed by atoms with Crippen LogP contribution >= 0.6 is 22.6 Å². The summed E-state index contributed by atoms with van der Waals surface area (Å²) in [6.07, 6.45) is 1.63. The highest BCUT2D eigenvalue weighted by Gasteiger charge is 2.14. The molecular weight excluding hydrogens is 299 g/mol. The van der Waals surface area contributed by atoms with Gasteiger partial charge in [-0.3, -0.25) is 0 Å². The van der Waals surface area contributed by atoms with Crippen LogP contribution in [-0.2, 0) is 0 Å². The van der Waals surface area contributed by atoms with Gasteiger partial charge in [0.15, 0.2) is 0 Å². The molecule has 1 nitrogen and oxygen atoms in total. The van der Waals surface area contributed by atoms with Crippen molar-refractivity contribution in [3.8, 4) is 0 Å². The Hall–Kier alpha value is -0.230. The molecule has 0 radical (unpaired) electrons. The molecule has 4 heteroatoms. The van der Waals surface area contributed by atoms with Crippen LogP contribution in [0.1, 0.15) is 31.4 Å². The van der Waals surface area contributed by atoms with Crippen LogP contribution in [0, 0.1) is 15.2 Å². The van der Waals surface area contributed by atoms with Crippen molar-refractivity contribution in [3.63, 3.8) is 0 Å². The summed E-state index contributed by atoms with van der Waals surface area (Å²) in [4.78, 5) is 0. The maximum absolute atomic E-state index is 13.1. The van der Waals surface area contributed by atoms with Gasteiger partial charge in [-0.1, -0.05) is 13.3 Å². The largest absolute Gasteiger partial charge is 0.324 e. The molecular formula is C10H12F2IN. The van der Waals surface area contributed by atoms with E-state index < -0.39 is 11.6 Å². The van der Waals surface area contributed by atoms with E-state index in [1.807, 2.05) is 29.5 Å². The van der Waals surface area contributed by atoms with Crippen molar-refractivity contribution >= 4 is 22.6 Å². The van der Waals surface area contributed by atoms with Crippen LogP contribution in [0.5, 0.6) is 0 Å². The predicted octanol–water partition coefficient (Wildman–Crippen LogP) is 3.37. The lowest BCUT2D eigenvalue weighted by Gasteiger charge is -2.13. The van der Waals surface area contributed by atoms with Crippen LogP contribution in [0.25, 0.3) is 0 Å². The summed E-state index contributed by atoms with van der Waals surface area (Å²) in [5, 5.41) is 0. The molecule has 0 aliphatic heterocycles. The van der Waals surface area contributed by atoms with E-state index in [2.05, 4.69) is 0 Å². The molecule has 0 aromatic heterocycles. The molecule has 0 aliphatic rings. The van der Waals surface area contributed by atoms with E-state index >= 15 is 0 Å². The molecule has 1 unspecified atom stereocenters. The third-order valence-corrected chi connectivity index (χ3v) is 3.16. The van der Waals surface area contributed by atoms with Crippen molar-refractivity contribution in [3.05, 3.63) is 32.9 Å². The van der Waals surface area contributed by atoms with E-state index in [4.69, 9.17) is 5.73 Å². The average molecular weight is 311 g/mol. The normalized spacial score (nSPS) is 12.9. The summed E-state index contributed by atoms with van der Waals surface area (Å²) in [6.45, 7) is 1.99. The molecule has 0 saturated heterocycles. The molecule has 0 bridgehead atoms. The van der Waals surface area contributed by atoms with Crippen LogP contribution in [-0.4, -0.2) is 0 Å². The van der Waals surface area contributed by atoms with Gasteiger partial charge in [0.05, 0.1) is 3.57 Å². The molecule has 1 aromatic carbocycles. The molecule has 0 amide bonds. The summed E-state index contributed by atoms with van der Waals surface area (Å²) in [5.74, 6) is -1.10. The van der Waals surface area contributed by atoms with Crippen molar-refractivity contribution in [2.75, 3.05) is 0 Å². The van der Waals surface area contributed by atoms with E-state index in [1.165, 1.54) is 6.07 Å².